The van der Waals surface area contributed by atoms with E-state index in [0.717, 1.165) is 6.07 Å². The lowest BCUT2D eigenvalue weighted by atomic mass is 10.2. The zero-order valence-electron chi connectivity index (χ0n) is 13.4. The number of nitro benzene ring substituents is 1. The number of sulfonamides is 1. The quantitative estimate of drug-likeness (QED) is 0.308. The van der Waals surface area contributed by atoms with Crippen LogP contribution in [0.5, 0.6) is 0 Å². The molecule has 0 bridgehead atoms. The van der Waals surface area contributed by atoms with E-state index in [1.165, 1.54) is 16.4 Å². The van der Waals surface area contributed by atoms with E-state index in [9.17, 15) is 18.5 Å². The number of hydrogen-bond donors (Lipinski definition) is 0. The highest BCUT2D eigenvalue weighted by atomic mass is 79.9. The average Bonchev–Trinajstić information content (AvgIpc) is 2.61. The van der Waals surface area contributed by atoms with Crippen molar-refractivity contribution >= 4 is 53.3 Å². The molecule has 8 nitrogen and oxygen atoms in total. The summed E-state index contributed by atoms with van der Waals surface area (Å²) >= 11 is 6.73. The molecule has 0 aliphatic carbocycles. The fraction of sp³-hybridized carbons (Fsp3) is 0.571. The van der Waals surface area contributed by atoms with Crippen molar-refractivity contribution in [2.45, 2.75) is 4.90 Å². The molecule has 11 heteroatoms. The third-order valence-electron chi connectivity index (χ3n) is 3.79. The molecule has 1 aromatic rings. The molecule has 140 valence electrons. The molecular formula is C14H19Br2N3O5S. The van der Waals surface area contributed by atoms with Crippen LogP contribution in [0.4, 0.5) is 11.4 Å². The fourth-order valence-electron chi connectivity index (χ4n) is 2.57. The summed E-state index contributed by atoms with van der Waals surface area (Å²) in [6.07, 6.45) is 0. The lowest BCUT2D eigenvalue weighted by Crippen LogP contribution is -2.41. The van der Waals surface area contributed by atoms with Crippen LogP contribution in [0.2, 0.25) is 0 Å². The lowest BCUT2D eigenvalue weighted by molar-refractivity contribution is -0.385. The van der Waals surface area contributed by atoms with Crippen LogP contribution in [0.15, 0.2) is 23.1 Å². The van der Waals surface area contributed by atoms with Crippen LogP contribution < -0.4 is 4.90 Å². The Morgan fingerprint density at radius 2 is 1.80 bits per heavy atom. The minimum absolute atomic E-state index is 0.0366. The van der Waals surface area contributed by atoms with Crippen molar-refractivity contribution in [2.24, 2.45) is 0 Å². The number of benzene rings is 1. The van der Waals surface area contributed by atoms with Gasteiger partial charge in [0.05, 0.1) is 23.8 Å². The van der Waals surface area contributed by atoms with Gasteiger partial charge >= 0.3 is 0 Å². The van der Waals surface area contributed by atoms with Gasteiger partial charge in [-0.1, -0.05) is 31.9 Å². The van der Waals surface area contributed by atoms with Crippen LogP contribution in [0.1, 0.15) is 0 Å². The number of morpholine rings is 1. The third kappa shape index (κ3) is 4.91. The van der Waals surface area contributed by atoms with Crippen LogP contribution in [0.3, 0.4) is 0 Å². The maximum Gasteiger partial charge on any atom is 0.270 e. The summed E-state index contributed by atoms with van der Waals surface area (Å²) in [4.78, 5) is 12.4. The number of nitrogens with zero attached hydrogens (tertiary/aromatic N) is 3. The van der Waals surface area contributed by atoms with Gasteiger partial charge < -0.3 is 9.64 Å². The Balaban J connectivity index is 2.54. The van der Waals surface area contributed by atoms with Crippen LogP contribution in [-0.4, -0.2) is 67.7 Å². The van der Waals surface area contributed by atoms with Crippen molar-refractivity contribution in [3.63, 3.8) is 0 Å². The Hall–Kier alpha value is -0.750. The number of alkyl halides is 2. The summed E-state index contributed by atoms with van der Waals surface area (Å²) in [6, 6.07) is 4.00. The predicted octanol–water partition coefficient (Wildman–Crippen LogP) is 2.21. The van der Waals surface area contributed by atoms with E-state index >= 15 is 0 Å². The smallest absolute Gasteiger partial charge is 0.270 e. The Bertz CT molecular complexity index is 704. The van der Waals surface area contributed by atoms with Gasteiger partial charge in [-0.25, -0.2) is 8.42 Å². The van der Waals surface area contributed by atoms with Gasteiger partial charge in [-0.15, -0.1) is 0 Å². The molecule has 0 radical (unpaired) electrons. The van der Waals surface area contributed by atoms with E-state index in [4.69, 9.17) is 4.74 Å². The molecule has 1 saturated heterocycles. The number of hydrogen-bond acceptors (Lipinski definition) is 6. The van der Waals surface area contributed by atoms with Gasteiger partial charge in [-0.05, 0) is 6.07 Å². The van der Waals surface area contributed by atoms with Crippen LogP contribution in [0, 0.1) is 10.1 Å². The highest BCUT2D eigenvalue weighted by Gasteiger charge is 2.31. The molecule has 0 amide bonds. The van der Waals surface area contributed by atoms with E-state index in [2.05, 4.69) is 31.9 Å². The highest BCUT2D eigenvalue weighted by Crippen LogP contribution is 2.32. The molecule has 0 atom stereocenters. The second kappa shape index (κ2) is 9.26. The molecule has 1 aliphatic rings. The lowest BCUT2D eigenvalue weighted by Gasteiger charge is -2.30. The first-order valence-electron chi connectivity index (χ1n) is 7.65. The molecule has 0 aromatic heterocycles. The molecule has 0 spiro atoms. The Morgan fingerprint density at radius 3 is 2.32 bits per heavy atom. The second-order valence-electron chi connectivity index (χ2n) is 5.29. The monoisotopic (exact) mass is 499 g/mol. The van der Waals surface area contributed by atoms with Gasteiger partial charge in [0, 0.05) is 49.0 Å². The van der Waals surface area contributed by atoms with E-state index in [1.54, 1.807) is 0 Å². The van der Waals surface area contributed by atoms with E-state index < -0.39 is 14.9 Å². The zero-order chi connectivity index (χ0) is 18.4. The summed E-state index contributed by atoms with van der Waals surface area (Å²) in [6.45, 7) is 2.26. The fourth-order valence-corrected chi connectivity index (χ4v) is 5.06. The molecule has 1 heterocycles. The van der Waals surface area contributed by atoms with Gasteiger partial charge in [0.2, 0.25) is 10.0 Å². The topological polar surface area (TPSA) is 93.0 Å². The van der Waals surface area contributed by atoms with Crippen molar-refractivity contribution in [1.29, 1.82) is 0 Å². The number of rotatable bonds is 8. The second-order valence-corrected chi connectivity index (χ2v) is 8.78. The average molecular weight is 501 g/mol. The molecule has 1 aromatic carbocycles. The van der Waals surface area contributed by atoms with Crippen molar-refractivity contribution in [1.82, 2.24) is 4.31 Å². The SMILES string of the molecule is O=[N+]([O-])c1ccc(N(CCBr)CCBr)c(S(=O)(=O)N2CCOCC2)c1. The Morgan fingerprint density at radius 1 is 1.20 bits per heavy atom. The molecular weight excluding hydrogens is 482 g/mol. The predicted molar refractivity (Wildman–Crippen MR) is 102 cm³/mol. The summed E-state index contributed by atoms with van der Waals surface area (Å²) in [5.41, 5.74) is 0.226. The largest absolute Gasteiger partial charge is 0.379 e. The molecule has 25 heavy (non-hydrogen) atoms. The van der Waals surface area contributed by atoms with Crippen molar-refractivity contribution < 1.29 is 18.1 Å². The standard InChI is InChI=1S/C14H19Br2N3O5S/c15-3-5-17(6-4-16)13-2-1-12(19(20)21)11-14(13)25(22,23)18-7-9-24-10-8-18/h1-2,11H,3-10H2. The molecule has 1 fully saturated rings. The van der Waals surface area contributed by atoms with Crippen molar-refractivity contribution in [3.05, 3.63) is 28.3 Å². The molecule has 0 saturated carbocycles. The maximum atomic E-state index is 13.1. The molecule has 1 aliphatic heterocycles. The zero-order valence-corrected chi connectivity index (χ0v) is 17.4. The van der Waals surface area contributed by atoms with E-state index in [1.807, 2.05) is 4.90 Å². The minimum Gasteiger partial charge on any atom is -0.379 e. The minimum atomic E-state index is -3.85. The van der Waals surface area contributed by atoms with Crippen LogP contribution >= 0.6 is 31.9 Å². The number of nitro groups is 1. The molecule has 0 unspecified atom stereocenters. The number of halogens is 2. The molecule has 0 N–H and O–H groups in total. The number of anilines is 1. The van der Waals surface area contributed by atoms with Gasteiger partial charge in [-0.2, -0.15) is 4.31 Å². The Kier molecular flexibility index (Phi) is 7.62. The van der Waals surface area contributed by atoms with E-state index in [-0.39, 0.29) is 23.7 Å². The first kappa shape index (κ1) is 20.6. The molecule has 2 rings (SSSR count). The summed E-state index contributed by atoms with van der Waals surface area (Å²) in [5.74, 6) is 0. The maximum absolute atomic E-state index is 13.1. The first-order chi connectivity index (χ1) is 11.9. The summed E-state index contributed by atoms with van der Waals surface area (Å²) in [5, 5.41) is 12.4. The van der Waals surface area contributed by atoms with Crippen LogP contribution in [-0.2, 0) is 14.8 Å². The number of non-ortho nitro benzene ring substituents is 1. The Labute approximate surface area is 163 Å². The van der Waals surface area contributed by atoms with Gasteiger partial charge in [0.15, 0.2) is 0 Å². The third-order valence-corrected chi connectivity index (χ3v) is 6.43. The van der Waals surface area contributed by atoms with Gasteiger partial charge in [-0.3, -0.25) is 10.1 Å². The number of ether oxygens (including phenoxy) is 1. The van der Waals surface area contributed by atoms with Gasteiger partial charge in [0.1, 0.15) is 4.90 Å². The summed E-state index contributed by atoms with van der Waals surface area (Å²) in [7, 11) is -3.85. The normalized spacial score (nSPS) is 15.9. The van der Waals surface area contributed by atoms with Crippen molar-refractivity contribution in [3.8, 4) is 0 Å². The van der Waals surface area contributed by atoms with E-state index in [0.29, 0.717) is 42.7 Å². The summed E-state index contributed by atoms with van der Waals surface area (Å²) < 4.78 is 32.7. The van der Waals surface area contributed by atoms with Crippen molar-refractivity contribution in [2.75, 3.05) is 55.0 Å². The van der Waals surface area contributed by atoms with Crippen LogP contribution in [0.25, 0.3) is 0 Å². The highest BCUT2D eigenvalue weighted by molar-refractivity contribution is 9.09. The first-order valence-corrected chi connectivity index (χ1v) is 11.3. The van der Waals surface area contributed by atoms with Gasteiger partial charge in [0.25, 0.3) is 5.69 Å².